The fraction of sp³-hybridized carbons (Fsp3) is 0.667. The lowest BCUT2D eigenvalue weighted by Crippen LogP contribution is -2.57. The summed E-state index contributed by atoms with van der Waals surface area (Å²) in [5.74, 6) is -6.33. The van der Waals surface area contributed by atoms with E-state index in [4.69, 9.17) is 22.3 Å². The molecule has 0 aromatic rings. The highest BCUT2D eigenvalue weighted by Gasteiger charge is 2.31. The predicted octanol–water partition coefficient (Wildman–Crippen LogP) is -3.35. The maximum atomic E-state index is 12.7. The van der Waals surface area contributed by atoms with Gasteiger partial charge in [0.05, 0.1) is 12.5 Å². The molecule has 0 bridgehead atoms. The van der Waals surface area contributed by atoms with Gasteiger partial charge in [-0.1, -0.05) is 0 Å². The fourth-order valence-corrected chi connectivity index (χ4v) is 2.76. The van der Waals surface area contributed by atoms with Gasteiger partial charge >= 0.3 is 11.9 Å². The van der Waals surface area contributed by atoms with Gasteiger partial charge in [0.2, 0.25) is 23.6 Å². The zero-order chi connectivity index (χ0) is 25.6. The smallest absolute Gasteiger partial charge is 0.326 e. The molecule has 0 aliphatic rings. The molecule has 0 heterocycles. The Bertz CT molecular complexity index is 722. The lowest BCUT2D eigenvalue weighted by atomic mass is 10.1. The summed E-state index contributed by atoms with van der Waals surface area (Å²) in [5.41, 5.74) is 16.0. The minimum absolute atomic E-state index is 0.00883. The van der Waals surface area contributed by atoms with Crippen LogP contribution >= 0.6 is 12.6 Å². The minimum Gasteiger partial charge on any atom is -0.481 e. The number of unbranched alkanes of at least 4 members (excludes halogenated alkanes) is 1. The number of nitrogens with two attached hydrogens (primary N) is 3. The van der Waals surface area contributed by atoms with Gasteiger partial charge in [0.25, 0.3) is 0 Å². The Morgan fingerprint density at radius 3 is 1.85 bits per heavy atom. The van der Waals surface area contributed by atoms with Crippen LogP contribution in [-0.2, 0) is 28.8 Å². The second-order valence-electron chi connectivity index (χ2n) is 7.20. The second-order valence-corrected chi connectivity index (χ2v) is 7.56. The van der Waals surface area contributed by atoms with Gasteiger partial charge in [0.15, 0.2) is 0 Å². The number of hydrogen-bond acceptors (Lipinski definition) is 9. The molecule has 4 unspecified atom stereocenters. The summed E-state index contributed by atoms with van der Waals surface area (Å²) in [6.07, 6.45) is -0.422. The van der Waals surface area contributed by atoms with Crippen molar-refractivity contribution >= 4 is 48.2 Å². The Balaban J connectivity index is 5.47. The highest BCUT2D eigenvalue weighted by Crippen LogP contribution is 2.05. The molecule has 14 nitrogen and oxygen atoms in total. The van der Waals surface area contributed by atoms with Crippen LogP contribution in [0, 0.1) is 0 Å². The van der Waals surface area contributed by atoms with Crippen molar-refractivity contribution in [1.82, 2.24) is 16.0 Å². The van der Waals surface area contributed by atoms with Gasteiger partial charge in [-0.2, -0.15) is 12.6 Å². The van der Waals surface area contributed by atoms with Gasteiger partial charge in [-0.05, 0) is 32.2 Å². The van der Waals surface area contributed by atoms with Crippen LogP contribution in [0.3, 0.4) is 0 Å². The van der Waals surface area contributed by atoms with Crippen molar-refractivity contribution in [3.63, 3.8) is 0 Å². The number of primary amides is 1. The lowest BCUT2D eigenvalue weighted by molar-refractivity contribution is -0.143. The summed E-state index contributed by atoms with van der Waals surface area (Å²) in [6.45, 7) is 0.338. The van der Waals surface area contributed by atoms with Crippen LogP contribution in [0.5, 0.6) is 0 Å². The lowest BCUT2D eigenvalue weighted by Gasteiger charge is -2.24. The highest BCUT2D eigenvalue weighted by atomic mass is 32.1. The molecule has 0 saturated carbocycles. The average Bonchev–Trinajstić information content (AvgIpc) is 2.73. The normalized spacial score (nSPS) is 14.3. The van der Waals surface area contributed by atoms with Crippen LogP contribution in [0.15, 0.2) is 0 Å². The first-order valence-corrected chi connectivity index (χ1v) is 10.8. The molecule has 33 heavy (non-hydrogen) atoms. The summed E-state index contributed by atoms with van der Waals surface area (Å²) in [4.78, 5) is 70.8. The van der Waals surface area contributed by atoms with Crippen molar-refractivity contribution in [3.05, 3.63) is 0 Å². The van der Waals surface area contributed by atoms with E-state index in [-0.39, 0.29) is 25.0 Å². The zero-order valence-corrected chi connectivity index (χ0v) is 18.9. The number of carboxylic acid groups (broad SMARTS) is 2. The summed E-state index contributed by atoms with van der Waals surface area (Å²) >= 11 is 3.91. The van der Waals surface area contributed by atoms with Crippen molar-refractivity contribution in [3.8, 4) is 0 Å². The summed E-state index contributed by atoms with van der Waals surface area (Å²) in [5, 5.41) is 25.1. The molecule has 188 valence electrons. The monoisotopic (exact) mass is 492 g/mol. The summed E-state index contributed by atoms with van der Waals surface area (Å²) in [6, 6.07) is -5.34. The quantitative estimate of drug-likeness (QED) is 0.0719. The van der Waals surface area contributed by atoms with Gasteiger partial charge in [-0.3, -0.25) is 24.0 Å². The molecule has 0 radical (unpaired) electrons. The number of carbonyl (C=O) groups excluding carboxylic acids is 4. The molecule has 4 amide bonds. The number of carboxylic acids is 2. The molecule has 0 spiro atoms. The number of hydrogen-bond donors (Lipinski definition) is 9. The second kappa shape index (κ2) is 15.8. The van der Waals surface area contributed by atoms with Crippen molar-refractivity contribution < 1.29 is 39.0 Å². The number of nitrogens with one attached hydrogen (secondary N) is 3. The standard InChI is InChI=1S/C18H32N6O8S/c19-6-2-1-3-10(22-15(28)9(20)8-33)16(29)24-12(7-14(26)27)17(30)23-11(18(31)32)4-5-13(21)25/h9-12,33H,1-8,19-20H2,(H2,21,25)(H,22,28)(H,23,30)(H,24,29)(H,26,27)(H,31,32). The van der Waals surface area contributed by atoms with Gasteiger partial charge in [0, 0.05) is 12.2 Å². The van der Waals surface area contributed by atoms with Crippen molar-refractivity contribution in [2.45, 2.75) is 62.7 Å². The maximum Gasteiger partial charge on any atom is 0.326 e. The topological polar surface area (TPSA) is 257 Å². The molecule has 0 fully saturated rings. The Hall–Kier alpha value is -2.91. The van der Waals surface area contributed by atoms with Gasteiger partial charge in [-0.15, -0.1) is 0 Å². The molecule has 0 rings (SSSR count). The number of carbonyl (C=O) groups is 6. The number of rotatable bonds is 17. The predicted molar refractivity (Wildman–Crippen MR) is 119 cm³/mol. The Labute approximate surface area is 195 Å². The third-order valence-electron chi connectivity index (χ3n) is 4.42. The molecule has 0 aromatic heterocycles. The van der Waals surface area contributed by atoms with E-state index in [0.29, 0.717) is 19.4 Å². The van der Waals surface area contributed by atoms with E-state index < -0.39 is 66.2 Å². The van der Waals surface area contributed by atoms with Crippen molar-refractivity contribution in [1.29, 1.82) is 0 Å². The molecule has 4 atom stereocenters. The first kappa shape index (κ1) is 30.1. The molecule has 0 aliphatic carbocycles. The first-order valence-electron chi connectivity index (χ1n) is 10.1. The average molecular weight is 493 g/mol. The molecule has 0 saturated heterocycles. The highest BCUT2D eigenvalue weighted by molar-refractivity contribution is 7.80. The van der Waals surface area contributed by atoms with Gasteiger partial charge in [0.1, 0.15) is 18.1 Å². The van der Waals surface area contributed by atoms with E-state index >= 15 is 0 Å². The van der Waals surface area contributed by atoms with E-state index in [9.17, 15) is 33.9 Å². The molecule has 0 aromatic carbocycles. The fourth-order valence-electron chi connectivity index (χ4n) is 2.60. The maximum absolute atomic E-state index is 12.7. The SMILES string of the molecule is NCCCCC(NC(=O)C(N)CS)C(=O)NC(CC(=O)O)C(=O)NC(CCC(N)=O)C(=O)O. The Morgan fingerprint density at radius 2 is 1.36 bits per heavy atom. The molecular formula is C18H32N6O8S. The third-order valence-corrected chi connectivity index (χ3v) is 4.81. The van der Waals surface area contributed by atoms with Crippen LogP contribution in [0.25, 0.3) is 0 Å². The largest absolute Gasteiger partial charge is 0.481 e. The Morgan fingerprint density at radius 1 is 0.818 bits per heavy atom. The molecular weight excluding hydrogens is 460 g/mol. The molecule has 0 aliphatic heterocycles. The minimum atomic E-state index is -1.65. The van der Waals surface area contributed by atoms with E-state index in [1.807, 2.05) is 0 Å². The van der Waals surface area contributed by atoms with E-state index in [0.717, 1.165) is 0 Å². The third kappa shape index (κ3) is 12.6. The summed E-state index contributed by atoms with van der Waals surface area (Å²) in [7, 11) is 0. The molecule has 15 heteroatoms. The number of aliphatic carboxylic acids is 2. The van der Waals surface area contributed by atoms with Crippen LogP contribution < -0.4 is 33.2 Å². The van der Waals surface area contributed by atoms with E-state index in [2.05, 4.69) is 28.6 Å². The number of thiol groups is 1. The van der Waals surface area contributed by atoms with Crippen molar-refractivity contribution in [2.24, 2.45) is 17.2 Å². The van der Waals surface area contributed by atoms with E-state index in [1.54, 1.807) is 0 Å². The van der Waals surface area contributed by atoms with E-state index in [1.165, 1.54) is 0 Å². The Kier molecular flexibility index (Phi) is 14.4. The van der Waals surface area contributed by atoms with Crippen LogP contribution in [0.4, 0.5) is 0 Å². The van der Waals surface area contributed by atoms with Crippen LogP contribution in [0.1, 0.15) is 38.5 Å². The summed E-state index contributed by atoms with van der Waals surface area (Å²) < 4.78 is 0. The van der Waals surface area contributed by atoms with Crippen LogP contribution in [-0.4, -0.2) is 82.2 Å². The van der Waals surface area contributed by atoms with Gasteiger partial charge in [-0.25, -0.2) is 4.79 Å². The zero-order valence-electron chi connectivity index (χ0n) is 18.0. The molecule has 11 N–H and O–H groups in total. The van der Waals surface area contributed by atoms with Crippen LogP contribution in [0.2, 0.25) is 0 Å². The first-order chi connectivity index (χ1) is 15.4. The number of amides is 4. The van der Waals surface area contributed by atoms with Gasteiger partial charge < -0.3 is 43.4 Å². The van der Waals surface area contributed by atoms with Crippen molar-refractivity contribution in [2.75, 3.05) is 12.3 Å².